The molecule has 1 atom stereocenters. The molecule has 0 spiro atoms. The number of unbranched alkanes of at least 4 members (excludes halogenated alkanes) is 2. The number of carbonyl (C=O) groups excluding carboxylic acids is 1. The van der Waals surface area contributed by atoms with Crippen LogP contribution in [0.4, 0.5) is 4.79 Å². The van der Waals surface area contributed by atoms with Crippen LogP contribution in [0.25, 0.3) is 0 Å². The van der Waals surface area contributed by atoms with E-state index in [1.165, 1.54) is 4.88 Å². The summed E-state index contributed by atoms with van der Waals surface area (Å²) in [5.41, 5.74) is 0. The lowest BCUT2D eigenvalue weighted by molar-refractivity contribution is -0.137. The maximum absolute atomic E-state index is 11.6. The number of carboxylic acids is 1. The first-order valence-electron chi connectivity index (χ1n) is 6.86. The number of rotatable bonds is 9. The molecule has 0 aliphatic heterocycles. The fourth-order valence-corrected chi connectivity index (χ4v) is 2.67. The van der Waals surface area contributed by atoms with Crippen LogP contribution in [-0.2, 0) is 11.2 Å². The van der Waals surface area contributed by atoms with Crippen molar-refractivity contribution in [2.75, 3.05) is 6.54 Å². The molecule has 1 heterocycles. The van der Waals surface area contributed by atoms with Crippen molar-refractivity contribution in [3.8, 4) is 0 Å². The third-order valence-corrected chi connectivity index (χ3v) is 3.72. The van der Waals surface area contributed by atoms with Crippen LogP contribution in [0.2, 0.25) is 0 Å². The predicted molar refractivity (Wildman–Crippen MR) is 80.1 cm³/mol. The summed E-state index contributed by atoms with van der Waals surface area (Å²) in [4.78, 5) is 23.2. The number of hydrogen-bond acceptors (Lipinski definition) is 3. The van der Waals surface area contributed by atoms with Crippen molar-refractivity contribution < 1.29 is 14.7 Å². The summed E-state index contributed by atoms with van der Waals surface area (Å²) in [6.45, 7) is 2.56. The van der Waals surface area contributed by atoms with E-state index in [4.69, 9.17) is 5.11 Å². The first kappa shape index (κ1) is 16.5. The van der Waals surface area contributed by atoms with Gasteiger partial charge < -0.3 is 15.7 Å². The van der Waals surface area contributed by atoms with Crippen LogP contribution in [0.1, 0.15) is 37.5 Å². The molecule has 0 saturated heterocycles. The minimum absolute atomic E-state index is 0.0978. The highest BCUT2D eigenvalue weighted by Gasteiger charge is 2.07. The average Bonchev–Trinajstić information content (AvgIpc) is 2.85. The molecule has 1 unspecified atom stereocenters. The van der Waals surface area contributed by atoms with Gasteiger partial charge in [-0.2, -0.15) is 0 Å². The molecule has 3 N–H and O–H groups in total. The SMILES string of the molecule is CC(Cc1cccs1)NC(=O)NCCCCCC(=O)O. The third-order valence-electron chi connectivity index (χ3n) is 2.82. The average molecular weight is 298 g/mol. The number of urea groups is 1. The number of carboxylic acid groups (broad SMARTS) is 1. The van der Waals surface area contributed by atoms with Crippen molar-refractivity contribution in [2.24, 2.45) is 0 Å². The Hall–Kier alpha value is -1.56. The second kappa shape index (κ2) is 9.36. The lowest BCUT2D eigenvalue weighted by atomic mass is 10.2. The molecule has 1 rings (SSSR count). The molecule has 0 radical (unpaired) electrons. The monoisotopic (exact) mass is 298 g/mol. The molecule has 0 bridgehead atoms. The highest BCUT2D eigenvalue weighted by atomic mass is 32.1. The molecule has 112 valence electrons. The lowest BCUT2D eigenvalue weighted by Gasteiger charge is -2.13. The normalized spacial score (nSPS) is 11.8. The molecule has 2 amide bonds. The van der Waals surface area contributed by atoms with E-state index in [1.54, 1.807) is 11.3 Å². The van der Waals surface area contributed by atoms with Gasteiger partial charge in [0.15, 0.2) is 0 Å². The van der Waals surface area contributed by atoms with Gasteiger partial charge in [-0.25, -0.2) is 4.79 Å². The van der Waals surface area contributed by atoms with Gasteiger partial charge in [-0.3, -0.25) is 4.79 Å². The highest BCUT2D eigenvalue weighted by molar-refractivity contribution is 7.09. The molecule has 1 aromatic heterocycles. The fraction of sp³-hybridized carbons (Fsp3) is 0.571. The van der Waals surface area contributed by atoms with Crippen molar-refractivity contribution in [2.45, 2.75) is 45.1 Å². The summed E-state index contributed by atoms with van der Waals surface area (Å²) in [6.07, 6.45) is 3.32. The number of nitrogens with one attached hydrogen (secondary N) is 2. The van der Waals surface area contributed by atoms with Crippen molar-refractivity contribution >= 4 is 23.3 Å². The molecule has 6 heteroatoms. The summed E-state index contributed by atoms with van der Waals surface area (Å²) in [6, 6.07) is 4.00. The molecule has 5 nitrogen and oxygen atoms in total. The van der Waals surface area contributed by atoms with Gasteiger partial charge in [-0.1, -0.05) is 12.5 Å². The van der Waals surface area contributed by atoms with E-state index in [9.17, 15) is 9.59 Å². The number of carbonyl (C=O) groups is 2. The largest absolute Gasteiger partial charge is 0.481 e. The van der Waals surface area contributed by atoms with Gasteiger partial charge in [0.2, 0.25) is 0 Å². The van der Waals surface area contributed by atoms with Gasteiger partial charge >= 0.3 is 12.0 Å². The van der Waals surface area contributed by atoms with E-state index < -0.39 is 5.97 Å². The molecule has 0 aliphatic rings. The van der Waals surface area contributed by atoms with E-state index in [0.717, 1.165) is 19.3 Å². The second-order valence-electron chi connectivity index (χ2n) is 4.79. The van der Waals surface area contributed by atoms with E-state index in [2.05, 4.69) is 16.7 Å². The van der Waals surface area contributed by atoms with Crippen molar-refractivity contribution in [3.05, 3.63) is 22.4 Å². The van der Waals surface area contributed by atoms with Crippen LogP contribution in [0.3, 0.4) is 0 Å². The van der Waals surface area contributed by atoms with Crippen molar-refractivity contribution in [1.29, 1.82) is 0 Å². The summed E-state index contributed by atoms with van der Waals surface area (Å²) < 4.78 is 0. The Kier molecular flexibility index (Phi) is 7.72. The maximum atomic E-state index is 11.6. The zero-order chi connectivity index (χ0) is 14.8. The van der Waals surface area contributed by atoms with E-state index in [1.807, 2.05) is 18.4 Å². The summed E-state index contributed by atoms with van der Waals surface area (Å²) >= 11 is 1.69. The fourth-order valence-electron chi connectivity index (χ4n) is 1.84. The predicted octanol–water partition coefficient (Wildman–Crippen LogP) is 2.62. The second-order valence-corrected chi connectivity index (χ2v) is 5.82. The van der Waals surface area contributed by atoms with Gasteiger partial charge in [0.05, 0.1) is 0 Å². The number of aliphatic carboxylic acids is 1. The topological polar surface area (TPSA) is 78.4 Å². The van der Waals surface area contributed by atoms with E-state index >= 15 is 0 Å². The lowest BCUT2D eigenvalue weighted by Crippen LogP contribution is -2.41. The van der Waals surface area contributed by atoms with Gasteiger partial charge in [-0.05, 0) is 31.2 Å². The Morgan fingerprint density at radius 3 is 2.80 bits per heavy atom. The molecular formula is C14H22N2O3S. The summed E-state index contributed by atoms with van der Waals surface area (Å²) in [7, 11) is 0. The minimum Gasteiger partial charge on any atom is -0.481 e. The minimum atomic E-state index is -0.766. The van der Waals surface area contributed by atoms with Gasteiger partial charge in [0, 0.05) is 30.3 Å². The Morgan fingerprint density at radius 2 is 2.15 bits per heavy atom. The maximum Gasteiger partial charge on any atom is 0.315 e. The zero-order valence-electron chi connectivity index (χ0n) is 11.7. The number of amides is 2. The summed E-state index contributed by atoms with van der Waals surface area (Å²) in [5.74, 6) is -0.766. The zero-order valence-corrected chi connectivity index (χ0v) is 12.5. The Morgan fingerprint density at radius 1 is 1.35 bits per heavy atom. The molecule has 0 fully saturated rings. The van der Waals surface area contributed by atoms with Crippen LogP contribution in [-0.4, -0.2) is 29.7 Å². The van der Waals surface area contributed by atoms with Crippen molar-refractivity contribution in [3.63, 3.8) is 0 Å². The Bertz CT molecular complexity index is 407. The van der Waals surface area contributed by atoms with E-state index in [0.29, 0.717) is 13.0 Å². The van der Waals surface area contributed by atoms with Crippen LogP contribution in [0, 0.1) is 0 Å². The van der Waals surface area contributed by atoms with Crippen LogP contribution in [0.15, 0.2) is 17.5 Å². The highest BCUT2D eigenvalue weighted by Crippen LogP contribution is 2.10. The van der Waals surface area contributed by atoms with E-state index in [-0.39, 0.29) is 18.5 Å². The van der Waals surface area contributed by atoms with Gasteiger partial charge in [-0.15, -0.1) is 11.3 Å². The quantitative estimate of drug-likeness (QED) is 0.613. The molecule has 1 aromatic rings. The first-order valence-corrected chi connectivity index (χ1v) is 7.74. The molecule has 0 saturated carbocycles. The van der Waals surface area contributed by atoms with Gasteiger partial charge in [0.1, 0.15) is 0 Å². The van der Waals surface area contributed by atoms with Crippen LogP contribution < -0.4 is 10.6 Å². The molecule has 20 heavy (non-hydrogen) atoms. The van der Waals surface area contributed by atoms with Crippen LogP contribution in [0.5, 0.6) is 0 Å². The first-order chi connectivity index (χ1) is 9.58. The summed E-state index contributed by atoms with van der Waals surface area (Å²) in [5, 5.41) is 16.2. The standard InChI is InChI=1S/C14H22N2O3S/c1-11(10-12-6-5-9-20-12)16-14(19)15-8-4-2-3-7-13(17)18/h5-6,9,11H,2-4,7-8,10H2,1H3,(H,17,18)(H2,15,16,19). The third kappa shape index (κ3) is 7.78. The van der Waals surface area contributed by atoms with Crippen LogP contribution >= 0.6 is 11.3 Å². The number of thiophene rings is 1. The molecule has 0 aromatic carbocycles. The smallest absolute Gasteiger partial charge is 0.315 e. The number of hydrogen-bond donors (Lipinski definition) is 3. The van der Waals surface area contributed by atoms with Gasteiger partial charge in [0.25, 0.3) is 0 Å². The van der Waals surface area contributed by atoms with Crippen molar-refractivity contribution in [1.82, 2.24) is 10.6 Å². The molecular weight excluding hydrogens is 276 g/mol. The Labute approximate surface area is 123 Å². The molecule has 0 aliphatic carbocycles. The Balaban J connectivity index is 2.03.